The molecular formula is C20H23N5O2. The van der Waals surface area contributed by atoms with Crippen molar-refractivity contribution >= 4 is 11.6 Å². The minimum Gasteiger partial charge on any atom is -0.379 e. The van der Waals surface area contributed by atoms with Crippen molar-refractivity contribution in [2.75, 3.05) is 39.4 Å². The van der Waals surface area contributed by atoms with Crippen molar-refractivity contribution < 1.29 is 9.53 Å². The van der Waals surface area contributed by atoms with Gasteiger partial charge in [0.05, 0.1) is 13.2 Å². The fraction of sp³-hybridized carbons (Fsp3) is 0.350. The van der Waals surface area contributed by atoms with Gasteiger partial charge in [0.25, 0.3) is 5.91 Å². The van der Waals surface area contributed by atoms with Crippen LogP contribution in [-0.2, 0) is 4.74 Å². The molecule has 140 valence electrons. The molecule has 0 bridgehead atoms. The molecule has 0 atom stereocenters. The van der Waals surface area contributed by atoms with Gasteiger partial charge in [0.15, 0.2) is 5.65 Å². The smallest absolute Gasteiger partial charge is 0.251 e. The average Bonchev–Trinajstić information content (AvgIpc) is 3.08. The van der Waals surface area contributed by atoms with E-state index in [0.29, 0.717) is 12.1 Å². The van der Waals surface area contributed by atoms with Crippen molar-refractivity contribution in [2.24, 2.45) is 0 Å². The third-order valence-electron chi connectivity index (χ3n) is 4.71. The van der Waals surface area contributed by atoms with E-state index >= 15 is 0 Å². The minimum atomic E-state index is -0.0530. The van der Waals surface area contributed by atoms with Gasteiger partial charge < -0.3 is 10.1 Å². The highest BCUT2D eigenvalue weighted by molar-refractivity contribution is 5.95. The number of amides is 1. The van der Waals surface area contributed by atoms with Crippen LogP contribution in [0.3, 0.4) is 0 Å². The SMILES string of the molecule is Cc1nc2ccc(-c3cccc(C(=O)NCCN4CCOCC4)c3)cn2n1. The van der Waals surface area contributed by atoms with Gasteiger partial charge in [0.1, 0.15) is 5.82 Å². The van der Waals surface area contributed by atoms with Crippen molar-refractivity contribution in [2.45, 2.75) is 6.92 Å². The van der Waals surface area contributed by atoms with Gasteiger partial charge in [-0.15, -0.1) is 0 Å². The van der Waals surface area contributed by atoms with E-state index in [4.69, 9.17) is 4.74 Å². The number of hydrogen-bond acceptors (Lipinski definition) is 5. The van der Waals surface area contributed by atoms with Gasteiger partial charge in [-0.1, -0.05) is 12.1 Å². The molecule has 1 aliphatic rings. The van der Waals surface area contributed by atoms with E-state index in [1.165, 1.54) is 0 Å². The summed E-state index contributed by atoms with van der Waals surface area (Å²) in [6, 6.07) is 11.6. The average molecular weight is 365 g/mol. The molecule has 0 unspecified atom stereocenters. The molecule has 2 aromatic heterocycles. The standard InChI is InChI=1S/C20H23N5O2/c1-15-22-19-6-5-18(14-25(19)23-15)16-3-2-4-17(13-16)20(26)21-7-8-24-9-11-27-12-10-24/h2-6,13-14H,7-12H2,1H3,(H,21,26). The molecule has 7 heteroatoms. The largest absolute Gasteiger partial charge is 0.379 e. The lowest BCUT2D eigenvalue weighted by Gasteiger charge is -2.26. The normalized spacial score (nSPS) is 15.1. The van der Waals surface area contributed by atoms with Crippen LogP contribution in [0.1, 0.15) is 16.2 Å². The number of carbonyl (C=O) groups excluding carboxylic acids is 1. The first kappa shape index (κ1) is 17.6. The highest BCUT2D eigenvalue weighted by Gasteiger charge is 2.12. The van der Waals surface area contributed by atoms with Crippen molar-refractivity contribution in [3.05, 3.63) is 54.0 Å². The van der Waals surface area contributed by atoms with Crippen molar-refractivity contribution in [3.63, 3.8) is 0 Å². The number of pyridine rings is 1. The zero-order valence-corrected chi connectivity index (χ0v) is 15.4. The number of aromatic nitrogens is 3. The number of aryl methyl sites for hydroxylation is 1. The first-order valence-electron chi connectivity index (χ1n) is 9.21. The summed E-state index contributed by atoms with van der Waals surface area (Å²) >= 11 is 0. The molecule has 0 saturated carbocycles. The second kappa shape index (κ2) is 7.85. The van der Waals surface area contributed by atoms with E-state index in [0.717, 1.165) is 55.4 Å². The van der Waals surface area contributed by atoms with E-state index in [9.17, 15) is 4.79 Å². The lowest BCUT2D eigenvalue weighted by molar-refractivity contribution is 0.0383. The number of fused-ring (bicyclic) bond motifs is 1. The molecule has 4 rings (SSSR count). The van der Waals surface area contributed by atoms with Crippen LogP contribution in [-0.4, -0.2) is 64.8 Å². The molecule has 3 heterocycles. The monoisotopic (exact) mass is 365 g/mol. The molecule has 1 amide bonds. The maximum Gasteiger partial charge on any atom is 0.251 e. The Morgan fingerprint density at radius 2 is 2.04 bits per heavy atom. The van der Waals surface area contributed by atoms with Gasteiger partial charge in [-0.25, -0.2) is 9.50 Å². The Bertz CT molecular complexity index is 946. The predicted molar refractivity (Wildman–Crippen MR) is 103 cm³/mol. The fourth-order valence-electron chi connectivity index (χ4n) is 3.26. The van der Waals surface area contributed by atoms with Gasteiger partial charge >= 0.3 is 0 Å². The number of benzene rings is 1. The highest BCUT2D eigenvalue weighted by Crippen LogP contribution is 2.21. The van der Waals surface area contributed by atoms with Gasteiger partial charge in [0, 0.05) is 43.5 Å². The van der Waals surface area contributed by atoms with Crippen molar-refractivity contribution in [3.8, 4) is 11.1 Å². The van der Waals surface area contributed by atoms with Crippen LogP contribution in [0.15, 0.2) is 42.6 Å². The zero-order chi connectivity index (χ0) is 18.6. The first-order chi connectivity index (χ1) is 13.2. The lowest BCUT2D eigenvalue weighted by Crippen LogP contribution is -2.41. The van der Waals surface area contributed by atoms with Crippen LogP contribution in [0.5, 0.6) is 0 Å². The molecule has 0 aliphatic carbocycles. The van der Waals surface area contributed by atoms with Crippen LogP contribution >= 0.6 is 0 Å². The molecule has 1 saturated heterocycles. The quantitative estimate of drug-likeness (QED) is 0.746. The number of ether oxygens (including phenoxy) is 1. The predicted octanol–water partition coefficient (Wildman–Crippen LogP) is 1.77. The van der Waals surface area contributed by atoms with E-state index in [2.05, 4.69) is 20.3 Å². The molecule has 0 spiro atoms. The number of rotatable bonds is 5. The number of nitrogens with one attached hydrogen (secondary N) is 1. The molecule has 1 N–H and O–H groups in total. The van der Waals surface area contributed by atoms with Crippen LogP contribution in [0, 0.1) is 6.92 Å². The van der Waals surface area contributed by atoms with Crippen LogP contribution in [0.4, 0.5) is 0 Å². The Labute approximate surface area is 158 Å². The summed E-state index contributed by atoms with van der Waals surface area (Å²) in [6.07, 6.45) is 1.94. The van der Waals surface area contributed by atoms with Gasteiger partial charge in [-0.3, -0.25) is 9.69 Å². The molecule has 1 fully saturated rings. The Morgan fingerprint density at radius 1 is 1.19 bits per heavy atom. The maximum atomic E-state index is 12.5. The first-order valence-corrected chi connectivity index (χ1v) is 9.21. The second-order valence-electron chi connectivity index (χ2n) is 6.67. The summed E-state index contributed by atoms with van der Waals surface area (Å²) in [5.74, 6) is 0.684. The van der Waals surface area contributed by atoms with E-state index in [1.54, 1.807) is 4.52 Å². The third-order valence-corrected chi connectivity index (χ3v) is 4.71. The number of carbonyl (C=O) groups is 1. The highest BCUT2D eigenvalue weighted by atomic mass is 16.5. The summed E-state index contributed by atoms with van der Waals surface area (Å²) in [7, 11) is 0. The number of nitrogens with zero attached hydrogens (tertiary/aromatic N) is 4. The topological polar surface area (TPSA) is 71.8 Å². The molecule has 1 aliphatic heterocycles. The van der Waals surface area contributed by atoms with Crippen LogP contribution < -0.4 is 5.32 Å². The molecular weight excluding hydrogens is 342 g/mol. The maximum absolute atomic E-state index is 12.5. The molecule has 7 nitrogen and oxygen atoms in total. The minimum absolute atomic E-state index is 0.0530. The second-order valence-corrected chi connectivity index (χ2v) is 6.67. The Kier molecular flexibility index (Phi) is 5.13. The Balaban J connectivity index is 1.43. The van der Waals surface area contributed by atoms with Crippen LogP contribution in [0.2, 0.25) is 0 Å². The van der Waals surface area contributed by atoms with Gasteiger partial charge in [0.2, 0.25) is 0 Å². The van der Waals surface area contributed by atoms with E-state index in [1.807, 2.05) is 49.5 Å². The lowest BCUT2D eigenvalue weighted by atomic mass is 10.0. The summed E-state index contributed by atoms with van der Waals surface area (Å²) in [4.78, 5) is 19.1. The fourth-order valence-corrected chi connectivity index (χ4v) is 3.26. The summed E-state index contributed by atoms with van der Waals surface area (Å²) in [5.41, 5.74) is 3.44. The summed E-state index contributed by atoms with van der Waals surface area (Å²) in [5, 5.41) is 7.36. The molecule has 0 radical (unpaired) electrons. The molecule has 1 aromatic carbocycles. The summed E-state index contributed by atoms with van der Waals surface area (Å²) < 4.78 is 7.10. The third kappa shape index (κ3) is 4.15. The van der Waals surface area contributed by atoms with E-state index in [-0.39, 0.29) is 5.91 Å². The Hall–Kier alpha value is -2.77. The van der Waals surface area contributed by atoms with Crippen molar-refractivity contribution in [1.82, 2.24) is 24.8 Å². The Morgan fingerprint density at radius 3 is 2.89 bits per heavy atom. The van der Waals surface area contributed by atoms with Crippen molar-refractivity contribution in [1.29, 1.82) is 0 Å². The van der Waals surface area contributed by atoms with E-state index < -0.39 is 0 Å². The molecule has 3 aromatic rings. The van der Waals surface area contributed by atoms with Crippen LogP contribution in [0.25, 0.3) is 16.8 Å². The van der Waals surface area contributed by atoms with Gasteiger partial charge in [-0.05, 0) is 36.8 Å². The number of hydrogen-bond donors (Lipinski definition) is 1. The number of morpholine rings is 1. The zero-order valence-electron chi connectivity index (χ0n) is 15.4. The molecule has 27 heavy (non-hydrogen) atoms. The van der Waals surface area contributed by atoms with Gasteiger partial charge in [-0.2, -0.15) is 5.10 Å². The summed E-state index contributed by atoms with van der Waals surface area (Å²) in [6.45, 7) is 6.74.